The number of hydrogen-bond donors (Lipinski definition) is 0. The summed E-state index contributed by atoms with van der Waals surface area (Å²) in [6, 6.07) is 1.84. The smallest absolute Gasteiger partial charge is 0.206 e. The Kier molecular flexibility index (Phi) is 3.38. The van der Waals surface area contributed by atoms with Crippen molar-refractivity contribution in [3.63, 3.8) is 0 Å². The molecule has 2 aromatic rings. The average molecular weight is 234 g/mol. The third-order valence-electron chi connectivity index (χ3n) is 2.01. The van der Waals surface area contributed by atoms with Crippen molar-refractivity contribution in [3.05, 3.63) is 46.2 Å². The molecule has 0 radical (unpaired) electrons. The normalized spacial score (nSPS) is 10.3. The number of hydrogen-bond acceptors (Lipinski definition) is 5. The molecule has 5 heteroatoms. The summed E-state index contributed by atoms with van der Waals surface area (Å²) in [4.78, 5) is 20.3. The number of thiophene rings is 1. The molecule has 0 atom stereocenters. The van der Waals surface area contributed by atoms with Crippen molar-refractivity contribution in [2.75, 3.05) is 7.11 Å². The average Bonchev–Trinajstić information content (AvgIpc) is 2.78. The van der Waals surface area contributed by atoms with Crippen LogP contribution in [0, 0.1) is 0 Å². The second kappa shape index (κ2) is 4.96. The Balaban J connectivity index is 2.21. The second-order valence-electron chi connectivity index (χ2n) is 3.21. The molecule has 0 aliphatic carbocycles. The molecule has 0 saturated carbocycles. The van der Waals surface area contributed by atoms with Crippen molar-refractivity contribution in [2.45, 2.75) is 6.61 Å². The van der Waals surface area contributed by atoms with Crippen molar-refractivity contribution >= 4 is 17.1 Å². The van der Waals surface area contributed by atoms with E-state index in [0.717, 1.165) is 5.56 Å². The lowest BCUT2D eigenvalue weighted by molar-refractivity contribution is 0.104. The van der Waals surface area contributed by atoms with E-state index in [9.17, 15) is 4.79 Å². The van der Waals surface area contributed by atoms with Gasteiger partial charge in [-0.2, -0.15) is 0 Å². The third kappa shape index (κ3) is 2.32. The second-order valence-corrected chi connectivity index (χ2v) is 4.12. The zero-order valence-corrected chi connectivity index (χ0v) is 9.53. The van der Waals surface area contributed by atoms with E-state index in [-0.39, 0.29) is 5.78 Å². The standard InChI is InChI=1S/C11H10N2O2S/c1-15-5-8-2-10(16-6-8)11(14)9-3-12-7-13-4-9/h2-4,6-7H,5H2,1H3. The number of aromatic nitrogens is 2. The third-order valence-corrected chi connectivity index (χ3v) is 2.99. The van der Waals surface area contributed by atoms with Gasteiger partial charge in [-0.3, -0.25) is 4.79 Å². The maximum Gasteiger partial charge on any atom is 0.206 e. The first kappa shape index (κ1) is 10.9. The molecule has 2 heterocycles. The fourth-order valence-electron chi connectivity index (χ4n) is 1.30. The van der Waals surface area contributed by atoms with Crippen LogP contribution >= 0.6 is 11.3 Å². The van der Waals surface area contributed by atoms with Gasteiger partial charge in [0.05, 0.1) is 17.0 Å². The highest BCUT2D eigenvalue weighted by Gasteiger charge is 2.11. The fraction of sp³-hybridized carbons (Fsp3) is 0.182. The highest BCUT2D eigenvalue weighted by molar-refractivity contribution is 7.12. The number of nitrogens with zero attached hydrogens (tertiary/aromatic N) is 2. The van der Waals surface area contributed by atoms with E-state index in [1.807, 2.05) is 11.4 Å². The maximum absolute atomic E-state index is 12.0. The van der Waals surface area contributed by atoms with E-state index in [2.05, 4.69) is 9.97 Å². The van der Waals surface area contributed by atoms with Gasteiger partial charge >= 0.3 is 0 Å². The van der Waals surface area contributed by atoms with Crippen molar-refractivity contribution in [3.8, 4) is 0 Å². The number of ketones is 1. The molecule has 0 amide bonds. The highest BCUT2D eigenvalue weighted by atomic mass is 32.1. The molecule has 0 unspecified atom stereocenters. The molecule has 2 aromatic heterocycles. The molecule has 0 N–H and O–H groups in total. The first-order valence-corrected chi connectivity index (χ1v) is 5.55. The van der Waals surface area contributed by atoms with E-state index in [4.69, 9.17) is 4.74 Å². The number of methoxy groups -OCH3 is 1. The first-order chi connectivity index (χ1) is 7.81. The van der Waals surface area contributed by atoms with Gasteiger partial charge in [0, 0.05) is 19.5 Å². The number of carbonyl (C=O) groups excluding carboxylic acids is 1. The zero-order valence-electron chi connectivity index (χ0n) is 8.71. The van der Waals surface area contributed by atoms with E-state index in [1.54, 1.807) is 7.11 Å². The summed E-state index contributed by atoms with van der Waals surface area (Å²) in [5.41, 5.74) is 1.51. The topological polar surface area (TPSA) is 52.1 Å². The molecule has 0 aromatic carbocycles. The molecule has 0 aliphatic rings. The summed E-state index contributed by atoms with van der Waals surface area (Å²) in [6.07, 6.45) is 4.44. The van der Waals surface area contributed by atoms with Crippen molar-refractivity contribution in [1.29, 1.82) is 0 Å². The number of ether oxygens (including phenoxy) is 1. The van der Waals surface area contributed by atoms with Crippen LogP contribution in [0.2, 0.25) is 0 Å². The quantitative estimate of drug-likeness (QED) is 0.758. The predicted molar refractivity (Wildman–Crippen MR) is 60.5 cm³/mol. The van der Waals surface area contributed by atoms with Gasteiger partial charge in [-0.15, -0.1) is 11.3 Å². The summed E-state index contributed by atoms with van der Waals surface area (Å²) in [6.45, 7) is 0.523. The van der Waals surface area contributed by atoms with Gasteiger partial charge in [-0.25, -0.2) is 9.97 Å². The molecule has 2 rings (SSSR count). The predicted octanol–water partition coefficient (Wildman–Crippen LogP) is 1.92. The van der Waals surface area contributed by atoms with Crippen molar-refractivity contribution < 1.29 is 9.53 Å². The molecule has 0 saturated heterocycles. The molecule has 4 nitrogen and oxygen atoms in total. The van der Waals surface area contributed by atoms with E-state index >= 15 is 0 Å². The SMILES string of the molecule is COCc1csc(C(=O)c2cncnc2)c1. The van der Waals surface area contributed by atoms with Crippen LogP contribution in [0.3, 0.4) is 0 Å². The largest absolute Gasteiger partial charge is 0.380 e. The Morgan fingerprint density at radius 3 is 2.88 bits per heavy atom. The molecule has 0 spiro atoms. The van der Waals surface area contributed by atoms with E-state index < -0.39 is 0 Å². The highest BCUT2D eigenvalue weighted by Crippen LogP contribution is 2.18. The molecule has 16 heavy (non-hydrogen) atoms. The molecule has 0 aliphatic heterocycles. The van der Waals surface area contributed by atoms with Gasteiger partial charge in [0.25, 0.3) is 0 Å². The maximum atomic E-state index is 12.0. The Morgan fingerprint density at radius 1 is 1.44 bits per heavy atom. The van der Waals surface area contributed by atoms with Gasteiger partial charge in [0.15, 0.2) is 0 Å². The van der Waals surface area contributed by atoms with Gasteiger partial charge in [-0.05, 0) is 17.0 Å². The summed E-state index contributed by atoms with van der Waals surface area (Å²) in [5.74, 6) is -0.0482. The minimum atomic E-state index is -0.0482. The Hall–Kier alpha value is -1.59. The van der Waals surface area contributed by atoms with E-state index in [1.165, 1.54) is 30.1 Å². The lowest BCUT2D eigenvalue weighted by Crippen LogP contribution is -1.99. The van der Waals surface area contributed by atoms with Crippen molar-refractivity contribution in [1.82, 2.24) is 9.97 Å². The lowest BCUT2D eigenvalue weighted by atomic mass is 10.2. The monoisotopic (exact) mass is 234 g/mol. The zero-order chi connectivity index (χ0) is 11.4. The van der Waals surface area contributed by atoms with Crippen LogP contribution in [0.1, 0.15) is 20.8 Å². The number of carbonyl (C=O) groups is 1. The van der Waals surface area contributed by atoms with Crippen LogP contribution < -0.4 is 0 Å². The van der Waals surface area contributed by atoms with Crippen LogP contribution in [0.25, 0.3) is 0 Å². The molecule has 0 bridgehead atoms. The molecular formula is C11H10N2O2S. The van der Waals surface area contributed by atoms with Gasteiger partial charge < -0.3 is 4.74 Å². The van der Waals surface area contributed by atoms with Gasteiger partial charge in [0.2, 0.25) is 5.78 Å². The minimum Gasteiger partial charge on any atom is -0.380 e. The Labute approximate surface area is 96.9 Å². The summed E-state index contributed by atoms with van der Waals surface area (Å²) < 4.78 is 5.00. The lowest BCUT2D eigenvalue weighted by Gasteiger charge is -1.95. The number of rotatable bonds is 4. The summed E-state index contributed by atoms with van der Waals surface area (Å²) in [7, 11) is 1.63. The summed E-state index contributed by atoms with van der Waals surface area (Å²) >= 11 is 1.41. The van der Waals surface area contributed by atoms with Crippen molar-refractivity contribution in [2.24, 2.45) is 0 Å². The molecule has 82 valence electrons. The fourth-order valence-corrected chi connectivity index (χ4v) is 2.15. The van der Waals surface area contributed by atoms with Gasteiger partial charge in [-0.1, -0.05) is 0 Å². The minimum absolute atomic E-state index is 0.0482. The Bertz CT molecular complexity index is 482. The Morgan fingerprint density at radius 2 is 2.19 bits per heavy atom. The van der Waals surface area contributed by atoms with Crippen LogP contribution in [0.5, 0.6) is 0 Å². The van der Waals surface area contributed by atoms with E-state index in [0.29, 0.717) is 17.0 Å². The molecule has 0 fully saturated rings. The van der Waals surface area contributed by atoms with Crippen LogP contribution in [0.15, 0.2) is 30.2 Å². The van der Waals surface area contributed by atoms with Gasteiger partial charge in [0.1, 0.15) is 6.33 Å². The van der Waals surface area contributed by atoms with Crippen LogP contribution in [-0.4, -0.2) is 22.9 Å². The van der Waals surface area contributed by atoms with Crippen LogP contribution in [0.4, 0.5) is 0 Å². The molecular weight excluding hydrogens is 224 g/mol. The summed E-state index contributed by atoms with van der Waals surface area (Å²) in [5, 5.41) is 1.92. The first-order valence-electron chi connectivity index (χ1n) is 4.67. The van der Waals surface area contributed by atoms with Crippen LogP contribution in [-0.2, 0) is 11.3 Å².